The van der Waals surface area contributed by atoms with Crippen LogP contribution in [0.1, 0.15) is 18.1 Å². The van der Waals surface area contributed by atoms with Crippen molar-refractivity contribution in [2.45, 2.75) is 19.9 Å². The summed E-state index contributed by atoms with van der Waals surface area (Å²) in [5.74, 6) is 0.706. The van der Waals surface area contributed by atoms with Crippen LogP contribution in [0.2, 0.25) is 0 Å². The number of anilines is 1. The number of rotatable bonds is 8. The summed E-state index contributed by atoms with van der Waals surface area (Å²) in [5, 5.41) is 6.51. The van der Waals surface area contributed by atoms with Gasteiger partial charge in [0.1, 0.15) is 0 Å². The molecule has 26 heavy (non-hydrogen) atoms. The molecule has 0 saturated heterocycles. The van der Waals surface area contributed by atoms with Gasteiger partial charge in [-0.15, -0.1) is 0 Å². The Morgan fingerprint density at radius 1 is 1.00 bits per heavy atom. The Morgan fingerprint density at radius 3 is 2.38 bits per heavy atom. The fraction of sp³-hybridized carbons (Fsp3) is 0.316. The van der Waals surface area contributed by atoms with E-state index in [0.717, 1.165) is 31.3 Å². The van der Waals surface area contributed by atoms with Gasteiger partial charge in [0.2, 0.25) is 10.0 Å². The van der Waals surface area contributed by atoms with Crippen LogP contribution in [0.3, 0.4) is 0 Å². The molecule has 6 nitrogen and oxygen atoms in total. The largest absolute Gasteiger partial charge is 0.357 e. The van der Waals surface area contributed by atoms with Gasteiger partial charge in [-0.1, -0.05) is 48.5 Å². The number of para-hydroxylation sites is 1. The molecule has 0 amide bonds. The number of hydrogen-bond donors (Lipinski definition) is 3. The fourth-order valence-corrected chi connectivity index (χ4v) is 3.03. The van der Waals surface area contributed by atoms with Crippen LogP contribution < -0.4 is 15.4 Å². The molecule has 0 bridgehead atoms. The Hall–Kier alpha value is -2.54. The Balaban J connectivity index is 2.00. The van der Waals surface area contributed by atoms with Gasteiger partial charge in [-0.25, -0.2) is 13.4 Å². The zero-order chi connectivity index (χ0) is 18.8. The summed E-state index contributed by atoms with van der Waals surface area (Å²) in [4.78, 5) is 4.57. The standard InChI is InChI=1S/C19H26N4O2S/c1-3-20-19(21-14-13-16-9-5-4-6-10-16)22-15-17-11-7-8-12-18(17)23-26(2,24)25/h4-12,23H,3,13-15H2,1-2H3,(H2,20,21,22). The second-order valence-corrected chi connectivity index (χ2v) is 7.64. The molecule has 2 rings (SSSR count). The van der Waals surface area contributed by atoms with E-state index in [0.29, 0.717) is 18.2 Å². The number of nitrogens with zero attached hydrogens (tertiary/aromatic N) is 1. The summed E-state index contributed by atoms with van der Waals surface area (Å²) in [6, 6.07) is 17.5. The first-order valence-electron chi connectivity index (χ1n) is 8.59. The third-order valence-corrected chi connectivity index (χ3v) is 4.20. The highest BCUT2D eigenvalue weighted by Crippen LogP contribution is 2.17. The molecule has 0 atom stereocenters. The van der Waals surface area contributed by atoms with Crippen LogP contribution in [0, 0.1) is 0 Å². The molecule has 0 fully saturated rings. The Labute approximate surface area is 155 Å². The van der Waals surface area contributed by atoms with E-state index in [1.807, 2.05) is 37.3 Å². The Bertz CT molecular complexity index is 820. The molecule has 0 aliphatic rings. The van der Waals surface area contributed by atoms with E-state index in [9.17, 15) is 8.42 Å². The van der Waals surface area contributed by atoms with Crippen LogP contribution in [0.5, 0.6) is 0 Å². The molecule has 0 spiro atoms. The van der Waals surface area contributed by atoms with E-state index >= 15 is 0 Å². The summed E-state index contributed by atoms with van der Waals surface area (Å²) >= 11 is 0. The molecule has 0 unspecified atom stereocenters. The first kappa shape index (κ1) is 19.8. The fourth-order valence-electron chi connectivity index (χ4n) is 2.43. The lowest BCUT2D eigenvalue weighted by atomic mass is 10.1. The normalized spacial score (nSPS) is 11.8. The van der Waals surface area contributed by atoms with E-state index in [2.05, 4.69) is 32.5 Å². The Kier molecular flexibility index (Phi) is 7.47. The van der Waals surface area contributed by atoms with Crippen LogP contribution in [0.4, 0.5) is 5.69 Å². The average molecular weight is 375 g/mol. The van der Waals surface area contributed by atoms with Crippen molar-refractivity contribution in [1.82, 2.24) is 10.6 Å². The molecule has 0 aromatic heterocycles. The van der Waals surface area contributed by atoms with Crippen molar-refractivity contribution in [3.8, 4) is 0 Å². The number of guanidine groups is 1. The van der Waals surface area contributed by atoms with Crippen LogP contribution in [-0.2, 0) is 23.0 Å². The predicted octanol–water partition coefficient (Wildman–Crippen LogP) is 2.36. The molecule has 7 heteroatoms. The SMILES string of the molecule is CCNC(=NCc1ccccc1NS(C)(=O)=O)NCCc1ccccc1. The molecule has 0 heterocycles. The lowest BCUT2D eigenvalue weighted by molar-refractivity contribution is 0.606. The van der Waals surface area contributed by atoms with E-state index in [1.165, 1.54) is 5.56 Å². The number of nitrogens with one attached hydrogen (secondary N) is 3. The highest BCUT2D eigenvalue weighted by atomic mass is 32.2. The second kappa shape index (κ2) is 9.82. The van der Waals surface area contributed by atoms with Gasteiger partial charge in [-0.3, -0.25) is 4.72 Å². The molecule has 0 aliphatic carbocycles. The first-order chi connectivity index (χ1) is 12.5. The van der Waals surface area contributed by atoms with Gasteiger partial charge >= 0.3 is 0 Å². The van der Waals surface area contributed by atoms with Crippen molar-refractivity contribution in [3.05, 3.63) is 65.7 Å². The average Bonchev–Trinajstić information content (AvgIpc) is 2.60. The maximum absolute atomic E-state index is 11.5. The number of hydrogen-bond acceptors (Lipinski definition) is 3. The predicted molar refractivity (Wildman–Crippen MR) is 108 cm³/mol. The molecule has 3 N–H and O–H groups in total. The van der Waals surface area contributed by atoms with Crippen LogP contribution in [-0.4, -0.2) is 33.7 Å². The quantitative estimate of drug-likeness (QED) is 0.489. The zero-order valence-electron chi connectivity index (χ0n) is 15.2. The number of sulfonamides is 1. The monoisotopic (exact) mass is 374 g/mol. The summed E-state index contributed by atoms with van der Waals surface area (Å²) in [6.45, 7) is 3.90. The van der Waals surface area contributed by atoms with Gasteiger partial charge in [-0.2, -0.15) is 0 Å². The molecular formula is C19H26N4O2S. The third-order valence-electron chi connectivity index (χ3n) is 3.61. The molecule has 0 saturated carbocycles. The highest BCUT2D eigenvalue weighted by molar-refractivity contribution is 7.92. The minimum absolute atomic E-state index is 0.374. The molecule has 140 valence electrons. The van der Waals surface area contributed by atoms with Crippen LogP contribution >= 0.6 is 0 Å². The summed E-state index contributed by atoms with van der Waals surface area (Å²) in [7, 11) is -3.32. The summed E-state index contributed by atoms with van der Waals surface area (Å²) < 4.78 is 25.5. The molecule has 0 radical (unpaired) electrons. The summed E-state index contributed by atoms with van der Waals surface area (Å²) in [6.07, 6.45) is 2.04. The molecular weight excluding hydrogens is 348 g/mol. The minimum Gasteiger partial charge on any atom is -0.357 e. The molecule has 2 aromatic carbocycles. The maximum atomic E-state index is 11.5. The molecule has 2 aromatic rings. The lowest BCUT2D eigenvalue weighted by Crippen LogP contribution is -2.38. The summed E-state index contributed by atoms with van der Waals surface area (Å²) in [5.41, 5.74) is 2.63. The van der Waals surface area contributed by atoms with E-state index in [4.69, 9.17) is 0 Å². The van der Waals surface area contributed by atoms with Gasteiger partial charge in [-0.05, 0) is 30.5 Å². The van der Waals surface area contributed by atoms with Crippen molar-refractivity contribution in [1.29, 1.82) is 0 Å². The third kappa shape index (κ3) is 7.14. The van der Waals surface area contributed by atoms with Gasteiger partial charge < -0.3 is 10.6 Å². The van der Waals surface area contributed by atoms with Crippen molar-refractivity contribution < 1.29 is 8.42 Å². The number of benzene rings is 2. The van der Waals surface area contributed by atoms with E-state index in [-0.39, 0.29) is 0 Å². The van der Waals surface area contributed by atoms with Crippen LogP contribution in [0.15, 0.2) is 59.6 Å². The van der Waals surface area contributed by atoms with Crippen molar-refractivity contribution in [2.75, 3.05) is 24.1 Å². The van der Waals surface area contributed by atoms with E-state index in [1.54, 1.807) is 12.1 Å². The topological polar surface area (TPSA) is 82.6 Å². The lowest BCUT2D eigenvalue weighted by Gasteiger charge is -2.13. The smallest absolute Gasteiger partial charge is 0.229 e. The highest BCUT2D eigenvalue weighted by Gasteiger charge is 2.07. The van der Waals surface area contributed by atoms with E-state index < -0.39 is 10.0 Å². The Morgan fingerprint density at radius 2 is 1.69 bits per heavy atom. The van der Waals surface area contributed by atoms with Gasteiger partial charge in [0, 0.05) is 13.1 Å². The first-order valence-corrected chi connectivity index (χ1v) is 10.5. The van der Waals surface area contributed by atoms with Gasteiger partial charge in [0.15, 0.2) is 5.96 Å². The number of aliphatic imine (C=N–C) groups is 1. The van der Waals surface area contributed by atoms with Crippen LogP contribution in [0.25, 0.3) is 0 Å². The van der Waals surface area contributed by atoms with Crippen molar-refractivity contribution in [2.24, 2.45) is 4.99 Å². The molecule has 0 aliphatic heterocycles. The van der Waals surface area contributed by atoms with Crippen molar-refractivity contribution in [3.63, 3.8) is 0 Å². The van der Waals surface area contributed by atoms with Gasteiger partial charge in [0.25, 0.3) is 0 Å². The minimum atomic E-state index is -3.32. The van der Waals surface area contributed by atoms with Gasteiger partial charge in [0.05, 0.1) is 18.5 Å². The van der Waals surface area contributed by atoms with Crippen molar-refractivity contribution >= 4 is 21.7 Å². The zero-order valence-corrected chi connectivity index (χ0v) is 16.0. The maximum Gasteiger partial charge on any atom is 0.229 e. The second-order valence-electron chi connectivity index (χ2n) is 5.89.